The number of benzene rings is 2. The highest BCUT2D eigenvalue weighted by atomic mass is 28.3. The van der Waals surface area contributed by atoms with Gasteiger partial charge < -0.3 is 24.6 Å². The third-order valence-electron chi connectivity index (χ3n) is 6.75. The topological polar surface area (TPSA) is 121 Å². The van der Waals surface area contributed by atoms with Crippen molar-refractivity contribution in [3.05, 3.63) is 63.3 Å². The van der Waals surface area contributed by atoms with Crippen molar-refractivity contribution < 1.29 is 33.3 Å². The first-order chi connectivity index (χ1) is 19.6. The third-order valence-corrected chi connectivity index (χ3v) is 10.2. The van der Waals surface area contributed by atoms with Gasteiger partial charge in [-0.25, -0.2) is 14.0 Å². The molecular formula is C29H42FN3O7Si2. The number of rotatable bonds is 15. The summed E-state index contributed by atoms with van der Waals surface area (Å²) in [6, 6.07) is 8.37. The molecule has 1 aromatic heterocycles. The van der Waals surface area contributed by atoms with Crippen LogP contribution in [-0.4, -0.2) is 62.6 Å². The first kappa shape index (κ1) is 33.2. The number of carboxylic acid groups (broad SMARTS) is 1. The van der Waals surface area contributed by atoms with Gasteiger partial charge in [0.25, 0.3) is 5.91 Å². The van der Waals surface area contributed by atoms with Gasteiger partial charge in [-0.3, -0.25) is 13.9 Å². The number of fused-ring (bicyclic) bond motifs is 1. The number of halogens is 1. The summed E-state index contributed by atoms with van der Waals surface area (Å²) >= 11 is 0. The van der Waals surface area contributed by atoms with Gasteiger partial charge in [-0.2, -0.15) is 0 Å². The maximum atomic E-state index is 13.9. The Morgan fingerprint density at radius 3 is 1.98 bits per heavy atom. The second-order valence-corrected chi connectivity index (χ2v) is 23.9. The minimum atomic E-state index is -1.40. The van der Waals surface area contributed by atoms with Crippen molar-refractivity contribution >= 4 is 39.1 Å². The number of ether oxygens (including phenoxy) is 3. The van der Waals surface area contributed by atoms with E-state index in [1.807, 2.05) is 0 Å². The van der Waals surface area contributed by atoms with E-state index in [4.69, 9.17) is 14.2 Å². The molecule has 0 aliphatic rings. The molecule has 0 atom stereocenters. The average molecular weight is 620 g/mol. The molecule has 0 unspecified atom stereocenters. The smallest absolute Gasteiger partial charge is 0.337 e. The summed E-state index contributed by atoms with van der Waals surface area (Å²) in [5, 5.41) is 12.8. The first-order valence-corrected chi connectivity index (χ1v) is 21.3. The molecule has 0 aliphatic heterocycles. The maximum Gasteiger partial charge on any atom is 0.337 e. The number of imidazole rings is 1. The number of carboxylic acids is 1. The van der Waals surface area contributed by atoms with Crippen LogP contribution in [0.2, 0.25) is 51.4 Å². The second kappa shape index (κ2) is 13.8. The summed E-state index contributed by atoms with van der Waals surface area (Å²) in [5.41, 5.74) is 0.470. The number of methoxy groups -OCH3 is 1. The molecule has 0 radical (unpaired) electrons. The Morgan fingerprint density at radius 1 is 0.881 bits per heavy atom. The lowest BCUT2D eigenvalue weighted by atomic mass is 10.1. The molecule has 0 spiro atoms. The van der Waals surface area contributed by atoms with Crippen molar-refractivity contribution in [2.24, 2.45) is 0 Å². The molecule has 230 valence electrons. The Kier molecular flexibility index (Phi) is 10.9. The molecule has 10 nitrogen and oxygen atoms in total. The van der Waals surface area contributed by atoms with Crippen molar-refractivity contribution in [3.8, 4) is 5.75 Å². The van der Waals surface area contributed by atoms with E-state index in [1.165, 1.54) is 34.4 Å². The van der Waals surface area contributed by atoms with Gasteiger partial charge >= 0.3 is 11.7 Å². The fourth-order valence-electron chi connectivity index (χ4n) is 4.28. The SMILES string of the molecule is COc1ccc(F)cc1C(=O)NCc1ccc(C(=O)O)c2c1n(COCC[Si](C)(C)C)c(=O)n2COCC[Si](C)(C)C. The number of carbonyl (C=O) groups is 2. The zero-order chi connectivity index (χ0) is 31.2. The minimum Gasteiger partial charge on any atom is -0.496 e. The van der Waals surface area contributed by atoms with E-state index >= 15 is 0 Å². The number of aromatic nitrogens is 2. The van der Waals surface area contributed by atoms with Crippen LogP contribution in [-0.2, 0) is 29.5 Å². The van der Waals surface area contributed by atoms with Crippen LogP contribution in [0.3, 0.4) is 0 Å². The Balaban J connectivity index is 2.04. The van der Waals surface area contributed by atoms with Crippen molar-refractivity contribution in [1.82, 2.24) is 14.5 Å². The van der Waals surface area contributed by atoms with E-state index in [0.29, 0.717) is 24.3 Å². The van der Waals surface area contributed by atoms with Gasteiger partial charge in [-0.05, 0) is 41.9 Å². The minimum absolute atomic E-state index is 0.0105. The highest BCUT2D eigenvalue weighted by Gasteiger charge is 2.24. The molecule has 0 saturated carbocycles. The van der Waals surface area contributed by atoms with E-state index in [0.717, 1.165) is 18.2 Å². The number of carbonyl (C=O) groups excluding carboxylic acids is 1. The van der Waals surface area contributed by atoms with Gasteiger partial charge in [0.15, 0.2) is 0 Å². The third kappa shape index (κ3) is 8.63. The lowest BCUT2D eigenvalue weighted by molar-refractivity contribution is 0.0694. The fourth-order valence-corrected chi connectivity index (χ4v) is 5.80. The lowest BCUT2D eigenvalue weighted by Crippen LogP contribution is -2.28. The van der Waals surface area contributed by atoms with Crippen LogP contribution in [0.25, 0.3) is 11.0 Å². The van der Waals surface area contributed by atoms with Crippen LogP contribution in [0.1, 0.15) is 26.3 Å². The van der Waals surface area contributed by atoms with Crippen molar-refractivity contribution in [2.45, 2.75) is 71.4 Å². The molecule has 2 aromatic carbocycles. The summed E-state index contributed by atoms with van der Waals surface area (Å²) in [7, 11) is -1.41. The van der Waals surface area contributed by atoms with Gasteiger partial charge in [0.2, 0.25) is 0 Å². The Labute approximate surface area is 247 Å². The monoisotopic (exact) mass is 619 g/mol. The van der Waals surface area contributed by atoms with Crippen molar-refractivity contribution in [1.29, 1.82) is 0 Å². The van der Waals surface area contributed by atoms with Crippen LogP contribution in [0, 0.1) is 5.82 Å². The number of hydrogen-bond acceptors (Lipinski definition) is 6. The maximum absolute atomic E-state index is 13.9. The molecule has 0 fully saturated rings. The summed E-state index contributed by atoms with van der Waals surface area (Å²) in [6.07, 6.45) is 0. The van der Waals surface area contributed by atoms with E-state index < -0.39 is 39.5 Å². The van der Waals surface area contributed by atoms with E-state index in [2.05, 4.69) is 44.6 Å². The van der Waals surface area contributed by atoms with Gasteiger partial charge in [0.1, 0.15) is 25.0 Å². The van der Waals surface area contributed by atoms with Crippen molar-refractivity contribution in [2.75, 3.05) is 20.3 Å². The molecule has 1 heterocycles. The van der Waals surface area contributed by atoms with Gasteiger partial charge in [0.05, 0.1) is 29.3 Å². The Hall–Kier alpha value is -3.27. The second-order valence-electron chi connectivity index (χ2n) is 12.6. The predicted molar refractivity (Wildman–Crippen MR) is 165 cm³/mol. The van der Waals surface area contributed by atoms with Crippen molar-refractivity contribution in [3.63, 3.8) is 0 Å². The highest BCUT2D eigenvalue weighted by Crippen LogP contribution is 2.25. The lowest BCUT2D eigenvalue weighted by Gasteiger charge is -2.16. The molecule has 0 aliphatic carbocycles. The normalized spacial score (nSPS) is 12.1. The quantitative estimate of drug-likeness (QED) is 0.177. The largest absolute Gasteiger partial charge is 0.496 e. The number of aromatic carboxylic acids is 1. The predicted octanol–water partition coefficient (Wildman–Crippen LogP) is 5.20. The van der Waals surface area contributed by atoms with Crippen LogP contribution in [0.15, 0.2) is 35.1 Å². The fraction of sp³-hybridized carbons (Fsp3) is 0.483. The molecule has 42 heavy (non-hydrogen) atoms. The Bertz CT molecular complexity index is 1490. The summed E-state index contributed by atoms with van der Waals surface area (Å²) in [6.45, 7) is 13.9. The van der Waals surface area contributed by atoms with Gasteiger partial charge in [-0.15, -0.1) is 0 Å². The van der Waals surface area contributed by atoms with Gasteiger partial charge in [-0.1, -0.05) is 45.3 Å². The molecule has 3 aromatic rings. The van der Waals surface area contributed by atoms with Crippen LogP contribution < -0.4 is 15.7 Å². The van der Waals surface area contributed by atoms with E-state index in [-0.39, 0.29) is 42.4 Å². The molecule has 2 N–H and O–H groups in total. The number of nitrogens with zero attached hydrogens (tertiary/aromatic N) is 2. The molecule has 13 heteroatoms. The molecule has 1 amide bonds. The molecule has 0 saturated heterocycles. The standard InChI is InChI=1S/C29H42FN3O7Si2/c1-38-24-11-9-21(30)16-23(24)27(34)31-17-20-8-10-22(28(35)36)26-25(20)32(18-39-12-14-41(2,3)4)29(37)33(26)19-40-13-15-42(5,6)7/h8-11,16H,12-15,17-19H2,1-7H3,(H,31,34)(H,35,36). The molecule has 0 bridgehead atoms. The summed E-state index contributed by atoms with van der Waals surface area (Å²) in [5.74, 6) is -2.18. The van der Waals surface area contributed by atoms with Crippen LogP contribution in [0.4, 0.5) is 4.39 Å². The van der Waals surface area contributed by atoms with E-state index in [9.17, 15) is 23.9 Å². The van der Waals surface area contributed by atoms with Gasteiger partial charge in [0, 0.05) is 35.9 Å². The van der Waals surface area contributed by atoms with Crippen LogP contribution >= 0.6 is 0 Å². The summed E-state index contributed by atoms with van der Waals surface area (Å²) < 4.78 is 33.6. The number of nitrogens with one attached hydrogen (secondary N) is 1. The van der Waals surface area contributed by atoms with Crippen LogP contribution in [0.5, 0.6) is 5.75 Å². The van der Waals surface area contributed by atoms with E-state index in [1.54, 1.807) is 6.07 Å². The average Bonchev–Trinajstić information content (AvgIpc) is 3.17. The number of hydrogen-bond donors (Lipinski definition) is 2. The first-order valence-electron chi connectivity index (χ1n) is 13.9. The zero-order valence-electron chi connectivity index (χ0n) is 25.5. The summed E-state index contributed by atoms with van der Waals surface area (Å²) in [4.78, 5) is 39.0. The highest BCUT2D eigenvalue weighted by molar-refractivity contribution is 6.76. The molecule has 3 rings (SSSR count). The number of amides is 1. The molecular weight excluding hydrogens is 578 g/mol. The zero-order valence-corrected chi connectivity index (χ0v) is 27.5. The Morgan fingerprint density at radius 2 is 1.45 bits per heavy atom.